The molecular weight excluding hydrogens is 310 g/mol. The minimum atomic E-state index is -0.0619. The van der Waals surface area contributed by atoms with Crippen LogP contribution in [0.15, 0.2) is 4.47 Å². The van der Waals surface area contributed by atoms with Gasteiger partial charge < -0.3 is 10.0 Å². The van der Waals surface area contributed by atoms with Gasteiger partial charge in [-0.3, -0.25) is 9.89 Å². The van der Waals surface area contributed by atoms with Gasteiger partial charge in [-0.15, -0.1) is 0 Å². The Balaban J connectivity index is 2.15. The molecule has 0 aromatic carbocycles. The second-order valence-corrected chi connectivity index (χ2v) is 6.19. The fourth-order valence-corrected chi connectivity index (χ4v) is 3.22. The number of piperidine rings is 1. The van der Waals surface area contributed by atoms with Gasteiger partial charge in [0, 0.05) is 19.7 Å². The van der Waals surface area contributed by atoms with Crippen LogP contribution < -0.4 is 0 Å². The van der Waals surface area contributed by atoms with Crippen molar-refractivity contribution in [2.45, 2.75) is 32.6 Å². The number of carbonyl (C=O) groups excluding carboxylic acids is 1. The third-order valence-corrected chi connectivity index (χ3v) is 4.38. The van der Waals surface area contributed by atoms with Crippen LogP contribution in [0.2, 0.25) is 0 Å². The smallest absolute Gasteiger partial charge is 0.275 e. The number of aliphatic hydroxyl groups is 1. The van der Waals surface area contributed by atoms with Crippen molar-refractivity contribution in [1.82, 2.24) is 15.1 Å². The highest BCUT2D eigenvalue weighted by molar-refractivity contribution is 9.10. The molecule has 1 amide bonds. The quantitative estimate of drug-likeness (QED) is 0.892. The molecule has 0 aliphatic carbocycles. The Labute approximate surface area is 121 Å². The second kappa shape index (κ2) is 6.05. The summed E-state index contributed by atoms with van der Waals surface area (Å²) in [7, 11) is 0. The van der Waals surface area contributed by atoms with Gasteiger partial charge in [-0.1, -0.05) is 13.8 Å². The van der Waals surface area contributed by atoms with E-state index in [1.54, 1.807) is 4.90 Å². The molecule has 2 N–H and O–H groups in total. The molecule has 1 unspecified atom stereocenters. The first-order chi connectivity index (χ1) is 9.04. The first kappa shape index (κ1) is 14.5. The summed E-state index contributed by atoms with van der Waals surface area (Å²) in [6.45, 7) is 5.60. The van der Waals surface area contributed by atoms with Gasteiger partial charge in [0.15, 0.2) is 5.69 Å². The van der Waals surface area contributed by atoms with E-state index in [-0.39, 0.29) is 24.3 Å². The molecule has 2 heterocycles. The van der Waals surface area contributed by atoms with Gasteiger partial charge in [-0.25, -0.2) is 0 Å². The minimum absolute atomic E-state index is 0.0619. The van der Waals surface area contributed by atoms with Gasteiger partial charge >= 0.3 is 0 Å². The molecule has 19 heavy (non-hydrogen) atoms. The van der Waals surface area contributed by atoms with Gasteiger partial charge in [0.05, 0.1) is 10.2 Å². The number of hydrogen-bond donors (Lipinski definition) is 2. The number of nitrogens with one attached hydrogen (secondary N) is 1. The molecule has 0 bridgehead atoms. The highest BCUT2D eigenvalue weighted by Gasteiger charge is 2.28. The molecule has 1 fully saturated rings. The van der Waals surface area contributed by atoms with Crippen LogP contribution in [0.25, 0.3) is 0 Å². The fourth-order valence-electron chi connectivity index (χ4n) is 2.41. The van der Waals surface area contributed by atoms with E-state index in [1.165, 1.54) is 0 Å². The van der Waals surface area contributed by atoms with Crippen molar-refractivity contribution in [3.63, 3.8) is 0 Å². The summed E-state index contributed by atoms with van der Waals surface area (Å²) in [6, 6.07) is 0. The van der Waals surface area contributed by atoms with Crippen molar-refractivity contribution in [3.05, 3.63) is 15.9 Å². The van der Waals surface area contributed by atoms with Crippen molar-refractivity contribution in [1.29, 1.82) is 0 Å². The standard InChI is InChI=1S/C13H20BrN3O2/c1-8(2)11-10(14)12(16-15-11)13(19)17-5-3-4-9(6-17)7-18/h8-9,18H,3-7H2,1-2H3,(H,15,16). The summed E-state index contributed by atoms with van der Waals surface area (Å²) in [5.74, 6) is 0.420. The number of H-pyrrole nitrogens is 1. The fraction of sp³-hybridized carbons (Fsp3) is 0.692. The van der Waals surface area contributed by atoms with E-state index in [2.05, 4.69) is 40.0 Å². The lowest BCUT2D eigenvalue weighted by Gasteiger charge is -2.31. The highest BCUT2D eigenvalue weighted by Crippen LogP contribution is 2.27. The molecule has 0 spiro atoms. The largest absolute Gasteiger partial charge is 0.396 e. The predicted molar refractivity (Wildman–Crippen MR) is 76.1 cm³/mol. The molecule has 0 radical (unpaired) electrons. The zero-order chi connectivity index (χ0) is 14.0. The number of nitrogens with zero attached hydrogens (tertiary/aromatic N) is 2. The lowest BCUT2D eigenvalue weighted by Crippen LogP contribution is -2.41. The van der Waals surface area contributed by atoms with Crippen molar-refractivity contribution >= 4 is 21.8 Å². The first-order valence-electron chi connectivity index (χ1n) is 6.68. The molecule has 2 rings (SSSR count). The summed E-state index contributed by atoms with van der Waals surface area (Å²) < 4.78 is 0.763. The Morgan fingerprint density at radius 2 is 2.37 bits per heavy atom. The van der Waals surface area contributed by atoms with Crippen LogP contribution >= 0.6 is 15.9 Å². The van der Waals surface area contributed by atoms with Crippen LogP contribution in [0.5, 0.6) is 0 Å². The minimum Gasteiger partial charge on any atom is -0.396 e. The maximum Gasteiger partial charge on any atom is 0.275 e. The third kappa shape index (κ3) is 3.00. The number of aliphatic hydroxyl groups excluding tert-OH is 1. The van der Waals surface area contributed by atoms with E-state index < -0.39 is 0 Å². The van der Waals surface area contributed by atoms with E-state index in [0.29, 0.717) is 12.2 Å². The Kier molecular flexibility index (Phi) is 4.62. The average Bonchev–Trinajstić information content (AvgIpc) is 2.80. The maximum absolute atomic E-state index is 12.4. The monoisotopic (exact) mass is 329 g/mol. The molecule has 1 aliphatic heterocycles. The normalized spacial score (nSPS) is 20.1. The summed E-state index contributed by atoms with van der Waals surface area (Å²) in [5, 5.41) is 16.3. The van der Waals surface area contributed by atoms with Crippen LogP contribution in [-0.4, -0.2) is 45.8 Å². The Morgan fingerprint density at radius 3 is 2.95 bits per heavy atom. The first-order valence-corrected chi connectivity index (χ1v) is 7.47. The summed E-state index contributed by atoms with van der Waals surface area (Å²) in [4.78, 5) is 14.2. The van der Waals surface area contributed by atoms with Crippen LogP contribution in [0.4, 0.5) is 0 Å². The molecule has 0 saturated carbocycles. The van der Waals surface area contributed by atoms with Crippen LogP contribution in [0, 0.1) is 5.92 Å². The number of halogens is 1. The van der Waals surface area contributed by atoms with Gasteiger partial charge in [0.25, 0.3) is 5.91 Å². The zero-order valence-electron chi connectivity index (χ0n) is 11.3. The van der Waals surface area contributed by atoms with Crippen LogP contribution in [0.1, 0.15) is 48.8 Å². The SMILES string of the molecule is CC(C)c1[nH]nc(C(=O)N2CCCC(CO)C2)c1Br. The summed E-state index contributed by atoms with van der Waals surface area (Å²) >= 11 is 3.46. The molecule has 6 heteroatoms. The molecule has 1 atom stereocenters. The van der Waals surface area contributed by atoms with Crippen LogP contribution in [-0.2, 0) is 0 Å². The molecule has 5 nitrogen and oxygen atoms in total. The van der Waals surface area contributed by atoms with E-state index >= 15 is 0 Å². The highest BCUT2D eigenvalue weighted by atomic mass is 79.9. The number of aromatic nitrogens is 2. The molecule has 1 aliphatic rings. The van der Waals surface area contributed by atoms with E-state index in [9.17, 15) is 9.90 Å². The lowest BCUT2D eigenvalue weighted by atomic mass is 9.99. The molecule has 1 aromatic rings. The Bertz CT molecular complexity index is 459. The van der Waals surface area contributed by atoms with Crippen molar-refractivity contribution in [2.75, 3.05) is 19.7 Å². The number of amides is 1. The number of rotatable bonds is 3. The summed E-state index contributed by atoms with van der Waals surface area (Å²) in [6.07, 6.45) is 1.93. The lowest BCUT2D eigenvalue weighted by molar-refractivity contribution is 0.0614. The predicted octanol–water partition coefficient (Wildman–Crippen LogP) is 2.14. The van der Waals surface area contributed by atoms with E-state index in [0.717, 1.165) is 29.6 Å². The Hall–Kier alpha value is -0.880. The second-order valence-electron chi connectivity index (χ2n) is 5.40. The van der Waals surface area contributed by atoms with Crippen molar-refractivity contribution < 1.29 is 9.90 Å². The number of carbonyl (C=O) groups is 1. The van der Waals surface area contributed by atoms with Gasteiger partial charge in [0.1, 0.15) is 0 Å². The molecular formula is C13H20BrN3O2. The van der Waals surface area contributed by atoms with Crippen molar-refractivity contribution in [3.8, 4) is 0 Å². The van der Waals surface area contributed by atoms with Crippen LogP contribution in [0.3, 0.4) is 0 Å². The molecule has 106 valence electrons. The number of aromatic amines is 1. The number of hydrogen-bond acceptors (Lipinski definition) is 3. The zero-order valence-corrected chi connectivity index (χ0v) is 12.9. The van der Waals surface area contributed by atoms with Crippen molar-refractivity contribution in [2.24, 2.45) is 5.92 Å². The van der Waals surface area contributed by atoms with Gasteiger partial charge in [0.2, 0.25) is 0 Å². The Morgan fingerprint density at radius 1 is 1.63 bits per heavy atom. The van der Waals surface area contributed by atoms with E-state index in [1.807, 2.05) is 0 Å². The van der Waals surface area contributed by atoms with Gasteiger partial charge in [-0.05, 0) is 40.6 Å². The third-order valence-electron chi connectivity index (χ3n) is 3.58. The maximum atomic E-state index is 12.4. The molecule has 1 aromatic heterocycles. The van der Waals surface area contributed by atoms with Gasteiger partial charge in [-0.2, -0.15) is 5.10 Å². The topological polar surface area (TPSA) is 69.2 Å². The van der Waals surface area contributed by atoms with E-state index in [4.69, 9.17) is 0 Å². The summed E-state index contributed by atoms with van der Waals surface area (Å²) in [5.41, 5.74) is 1.39. The number of likely N-dealkylation sites (tertiary alicyclic amines) is 1. The average molecular weight is 330 g/mol. The molecule has 1 saturated heterocycles.